The van der Waals surface area contributed by atoms with Crippen molar-refractivity contribution in [1.29, 1.82) is 0 Å². The SMILES string of the molecule is Cc1cc(CN(C)C(=O)c2sc3ncnc(NCCCc4ccccc4)c3c2C)on1. The lowest BCUT2D eigenvalue weighted by molar-refractivity contribution is 0.0776. The van der Waals surface area contributed by atoms with E-state index in [1.165, 1.54) is 16.9 Å². The van der Waals surface area contributed by atoms with Gasteiger partial charge in [0.2, 0.25) is 0 Å². The Morgan fingerprint density at radius 3 is 2.74 bits per heavy atom. The van der Waals surface area contributed by atoms with E-state index in [9.17, 15) is 4.79 Å². The number of fused-ring (bicyclic) bond motifs is 1. The number of carbonyl (C=O) groups excluding carboxylic acids is 1. The van der Waals surface area contributed by atoms with Gasteiger partial charge in [0.15, 0.2) is 5.76 Å². The second-order valence-electron chi connectivity index (χ2n) is 7.57. The molecule has 0 saturated heterocycles. The fraction of sp³-hybridized carbons (Fsp3) is 0.304. The zero-order chi connectivity index (χ0) is 21.8. The number of rotatable bonds is 8. The minimum atomic E-state index is -0.0652. The molecule has 0 fully saturated rings. The predicted octanol–water partition coefficient (Wildman–Crippen LogP) is 4.61. The van der Waals surface area contributed by atoms with Crippen LogP contribution in [0, 0.1) is 13.8 Å². The number of aromatic nitrogens is 3. The number of amides is 1. The van der Waals surface area contributed by atoms with Crippen molar-refractivity contribution in [2.75, 3.05) is 18.9 Å². The van der Waals surface area contributed by atoms with Crippen LogP contribution < -0.4 is 5.32 Å². The van der Waals surface area contributed by atoms with E-state index in [1.807, 2.05) is 26.0 Å². The summed E-state index contributed by atoms with van der Waals surface area (Å²) in [5, 5.41) is 8.23. The minimum absolute atomic E-state index is 0.0652. The molecule has 1 N–H and O–H groups in total. The van der Waals surface area contributed by atoms with Crippen molar-refractivity contribution in [2.24, 2.45) is 0 Å². The van der Waals surface area contributed by atoms with Gasteiger partial charge in [-0.05, 0) is 37.8 Å². The van der Waals surface area contributed by atoms with Gasteiger partial charge in [-0.3, -0.25) is 4.79 Å². The lowest BCUT2D eigenvalue weighted by Crippen LogP contribution is -2.25. The van der Waals surface area contributed by atoms with Crippen LogP contribution in [-0.4, -0.2) is 39.5 Å². The molecule has 0 aliphatic carbocycles. The van der Waals surface area contributed by atoms with Gasteiger partial charge < -0.3 is 14.7 Å². The molecule has 7 nitrogen and oxygen atoms in total. The van der Waals surface area contributed by atoms with Gasteiger partial charge in [-0.1, -0.05) is 35.5 Å². The van der Waals surface area contributed by atoms with Gasteiger partial charge in [0.1, 0.15) is 17.0 Å². The molecule has 1 aromatic carbocycles. The van der Waals surface area contributed by atoms with Crippen molar-refractivity contribution in [2.45, 2.75) is 33.2 Å². The van der Waals surface area contributed by atoms with Crippen LogP contribution in [0.4, 0.5) is 5.82 Å². The van der Waals surface area contributed by atoms with Crippen molar-refractivity contribution < 1.29 is 9.32 Å². The molecule has 4 rings (SSSR count). The van der Waals surface area contributed by atoms with E-state index in [2.05, 4.69) is 44.7 Å². The minimum Gasteiger partial charge on any atom is -0.369 e. The number of anilines is 1. The number of hydrogen-bond donors (Lipinski definition) is 1. The number of aryl methyl sites for hydroxylation is 3. The summed E-state index contributed by atoms with van der Waals surface area (Å²) < 4.78 is 5.24. The normalized spacial score (nSPS) is 11.1. The molecule has 0 atom stereocenters. The van der Waals surface area contributed by atoms with E-state index < -0.39 is 0 Å². The third-order valence-electron chi connectivity index (χ3n) is 5.12. The van der Waals surface area contributed by atoms with Crippen molar-refractivity contribution in [3.05, 3.63) is 70.2 Å². The molecule has 160 valence electrons. The summed E-state index contributed by atoms with van der Waals surface area (Å²) in [5.74, 6) is 1.37. The molecular weight excluding hydrogens is 410 g/mol. The number of nitrogens with one attached hydrogen (secondary N) is 1. The molecule has 0 unspecified atom stereocenters. The van der Waals surface area contributed by atoms with E-state index >= 15 is 0 Å². The van der Waals surface area contributed by atoms with E-state index in [1.54, 1.807) is 18.3 Å². The van der Waals surface area contributed by atoms with Crippen LogP contribution in [0.2, 0.25) is 0 Å². The summed E-state index contributed by atoms with van der Waals surface area (Å²) in [7, 11) is 1.76. The lowest BCUT2D eigenvalue weighted by Gasteiger charge is -2.14. The highest BCUT2D eigenvalue weighted by atomic mass is 32.1. The molecule has 0 saturated carbocycles. The van der Waals surface area contributed by atoms with Crippen LogP contribution in [0.5, 0.6) is 0 Å². The second-order valence-corrected chi connectivity index (χ2v) is 8.57. The largest absolute Gasteiger partial charge is 0.369 e. The third kappa shape index (κ3) is 4.74. The highest BCUT2D eigenvalue weighted by molar-refractivity contribution is 7.20. The third-order valence-corrected chi connectivity index (χ3v) is 6.30. The topological polar surface area (TPSA) is 84.2 Å². The predicted molar refractivity (Wildman–Crippen MR) is 122 cm³/mol. The number of benzene rings is 1. The van der Waals surface area contributed by atoms with E-state index in [0.29, 0.717) is 17.2 Å². The fourth-order valence-electron chi connectivity index (χ4n) is 3.52. The van der Waals surface area contributed by atoms with Gasteiger partial charge in [0.05, 0.1) is 22.5 Å². The van der Waals surface area contributed by atoms with Crippen molar-refractivity contribution in [3.8, 4) is 0 Å². The summed E-state index contributed by atoms with van der Waals surface area (Å²) in [6.45, 7) is 4.98. The maximum absolute atomic E-state index is 13.1. The highest BCUT2D eigenvalue weighted by Gasteiger charge is 2.22. The Kier molecular flexibility index (Phi) is 6.27. The summed E-state index contributed by atoms with van der Waals surface area (Å²) in [4.78, 5) is 25.0. The molecule has 0 bridgehead atoms. The van der Waals surface area contributed by atoms with Crippen LogP contribution in [-0.2, 0) is 13.0 Å². The van der Waals surface area contributed by atoms with Crippen molar-refractivity contribution in [3.63, 3.8) is 0 Å². The Bertz CT molecular complexity index is 1190. The van der Waals surface area contributed by atoms with Gasteiger partial charge >= 0.3 is 0 Å². The van der Waals surface area contributed by atoms with Crippen LogP contribution in [0.15, 0.2) is 47.2 Å². The average Bonchev–Trinajstić information content (AvgIpc) is 3.34. The number of carbonyl (C=O) groups is 1. The molecular formula is C23H25N5O2S. The van der Waals surface area contributed by atoms with Crippen LogP contribution in [0.25, 0.3) is 10.2 Å². The summed E-state index contributed by atoms with van der Waals surface area (Å²) in [6, 6.07) is 12.3. The Morgan fingerprint density at radius 2 is 2.00 bits per heavy atom. The molecule has 3 heterocycles. The maximum Gasteiger partial charge on any atom is 0.264 e. The Balaban J connectivity index is 1.47. The zero-order valence-corrected chi connectivity index (χ0v) is 18.7. The van der Waals surface area contributed by atoms with E-state index in [-0.39, 0.29) is 5.91 Å². The Hall–Kier alpha value is -3.26. The first-order valence-electron chi connectivity index (χ1n) is 10.2. The quantitative estimate of drug-likeness (QED) is 0.407. The first-order chi connectivity index (χ1) is 15.0. The monoisotopic (exact) mass is 435 g/mol. The molecule has 8 heteroatoms. The number of thiophene rings is 1. The fourth-order valence-corrected chi connectivity index (χ4v) is 4.67. The summed E-state index contributed by atoms with van der Waals surface area (Å²) in [6.07, 6.45) is 3.54. The number of nitrogens with zero attached hydrogens (tertiary/aromatic N) is 4. The Labute approximate surface area is 185 Å². The average molecular weight is 436 g/mol. The van der Waals surface area contributed by atoms with Gasteiger partial charge in [0.25, 0.3) is 5.91 Å². The van der Waals surface area contributed by atoms with E-state index in [4.69, 9.17) is 4.52 Å². The van der Waals surface area contributed by atoms with Crippen LogP contribution in [0.3, 0.4) is 0 Å². The summed E-state index contributed by atoms with van der Waals surface area (Å²) >= 11 is 1.40. The molecule has 0 radical (unpaired) electrons. The van der Waals surface area contributed by atoms with Gasteiger partial charge in [0, 0.05) is 19.7 Å². The second kappa shape index (κ2) is 9.26. The van der Waals surface area contributed by atoms with Crippen LogP contribution >= 0.6 is 11.3 Å². The number of hydrogen-bond acceptors (Lipinski definition) is 7. The highest BCUT2D eigenvalue weighted by Crippen LogP contribution is 2.34. The Morgan fingerprint density at radius 1 is 1.19 bits per heavy atom. The van der Waals surface area contributed by atoms with Crippen molar-refractivity contribution in [1.82, 2.24) is 20.0 Å². The van der Waals surface area contributed by atoms with E-state index in [0.717, 1.165) is 46.7 Å². The molecule has 4 aromatic rings. The lowest BCUT2D eigenvalue weighted by atomic mass is 10.1. The van der Waals surface area contributed by atoms with Gasteiger partial charge in [-0.2, -0.15) is 0 Å². The van der Waals surface area contributed by atoms with Gasteiger partial charge in [-0.15, -0.1) is 11.3 Å². The molecule has 0 spiro atoms. The molecule has 3 aromatic heterocycles. The van der Waals surface area contributed by atoms with Gasteiger partial charge in [-0.25, -0.2) is 9.97 Å². The van der Waals surface area contributed by atoms with Crippen LogP contribution in [0.1, 0.15) is 38.7 Å². The standard InChI is InChI=1S/C23H25N5O2S/c1-15-12-18(30-27-15)13-28(3)23(29)20-16(2)19-21(25-14-26-22(19)31-20)24-11-7-10-17-8-5-4-6-9-17/h4-6,8-9,12,14H,7,10-11,13H2,1-3H3,(H,24,25,26). The molecule has 0 aliphatic rings. The smallest absolute Gasteiger partial charge is 0.264 e. The first-order valence-corrected chi connectivity index (χ1v) is 11.0. The zero-order valence-electron chi connectivity index (χ0n) is 17.9. The molecule has 0 aliphatic heterocycles. The summed E-state index contributed by atoms with van der Waals surface area (Å²) in [5.41, 5.74) is 3.02. The molecule has 1 amide bonds. The first kappa shape index (κ1) is 21.0. The maximum atomic E-state index is 13.1. The van der Waals surface area contributed by atoms with Crippen molar-refractivity contribution >= 4 is 33.3 Å². The molecule has 31 heavy (non-hydrogen) atoms.